The topological polar surface area (TPSA) is 112 Å². The second-order valence-corrected chi connectivity index (χ2v) is 7.70. The van der Waals surface area contributed by atoms with Gasteiger partial charge >= 0.3 is 5.91 Å². The number of rotatable bonds is 6. The van der Waals surface area contributed by atoms with Crippen molar-refractivity contribution in [2.75, 3.05) is 7.11 Å². The standard InChI is InChI=1S/C23H19ClN4O5/c1-13-8-16(14(2)27(13)19-11-17(24)4-6-21(19)32-3)12-25-26-23(29)22-10-15-9-18(28(30)31)5-7-20(15)33-22/h4-12H,1-3H3,(H,26,29)/b25-12-. The number of nitrogens with one attached hydrogen (secondary N) is 1. The van der Waals surface area contributed by atoms with E-state index in [9.17, 15) is 14.9 Å². The molecule has 168 valence electrons. The predicted octanol–water partition coefficient (Wildman–Crippen LogP) is 5.17. The maximum absolute atomic E-state index is 12.4. The van der Waals surface area contributed by atoms with E-state index in [0.717, 1.165) is 22.6 Å². The lowest BCUT2D eigenvalue weighted by molar-refractivity contribution is -0.384. The number of nitro groups is 1. The smallest absolute Gasteiger partial charge is 0.307 e. The van der Waals surface area contributed by atoms with Crippen LogP contribution in [-0.2, 0) is 0 Å². The van der Waals surface area contributed by atoms with E-state index in [2.05, 4.69) is 10.5 Å². The fraction of sp³-hybridized carbons (Fsp3) is 0.130. The third-order valence-corrected chi connectivity index (χ3v) is 5.39. The zero-order valence-corrected chi connectivity index (χ0v) is 18.7. The number of nitro benzene ring substituents is 1. The van der Waals surface area contributed by atoms with Crippen LogP contribution in [0.1, 0.15) is 27.5 Å². The number of furan rings is 1. The molecule has 2 aromatic heterocycles. The molecule has 0 fully saturated rings. The zero-order chi connectivity index (χ0) is 23.7. The van der Waals surface area contributed by atoms with Gasteiger partial charge in [-0.25, -0.2) is 5.43 Å². The van der Waals surface area contributed by atoms with Gasteiger partial charge in [0.25, 0.3) is 5.69 Å². The zero-order valence-electron chi connectivity index (χ0n) is 18.0. The van der Waals surface area contributed by atoms with E-state index in [1.54, 1.807) is 19.2 Å². The second kappa shape index (κ2) is 8.79. The summed E-state index contributed by atoms with van der Waals surface area (Å²) in [5.74, 6) is 0.0929. The molecule has 10 heteroatoms. The number of aryl methyl sites for hydroxylation is 1. The van der Waals surface area contributed by atoms with Gasteiger partial charge in [-0.2, -0.15) is 5.10 Å². The molecule has 9 nitrogen and oxygen atoms in total. The number of hydrogen-bond donors (Lipinski definition) is 1. The van der Waals surface area contributed by atoms with Gasteiger partial charge in [0.05, 0.1) is 23.9 Å². The fourth-order valence-corrected chi connectivity index (χ4v) is 3.77. The van der Waals surface area contributed by atoms with E-state index in [-0.39, 0.29) is 11.4 Å². The summed E-state index contributed by atoms with van der Waals surface area (Å²) in [6.07, 6.45) is 1.53. The Bertz CT molecular complexity index is 1420. The minimum atomic E-state index is -0.574. The van der Waals surface area contributed by atoms with Crippen LogP contribution < -0.4 is 10.2 Å². The number of hydrazone groups is 1. The molecule has 1 N–H and O–H groups in total. The number of carbonyl (C=O) groups is 1. The molecule has 0 saturated heterocycles. The van der Waals surface area contributed by atoms with E-state index in [0.29, 0.717) is 21.7 Å². The summed E-state index contributed by atoms with van der Waals surface area (Å²) in [5.41, 5.74) is 6.09. The average Bonchev–Trinajstić information content (AvgIpc) is 3.33. The molecule has 33 heavy (non-hydrogen) atoms. The average molecular weight is 467 g/mol. The number of hydrogen-bond acceptors (Lipinski definition) is 6. The molecular weight excluding hydrogens is 448 g/mol. The van der Waals surface area contributed by atoms with Crippen LogP contribution in [0.4, 0.5) is 5.69 Å². The van der Waals surface area contributed by atoms with Crippen LogP contribution in [0.3, 0.4) is 0 Å². The van der Waals surface area contributed by atoms with Gasteiger partial charge in [0.15, 0.2) is 5.76 Å². The SMILES string of the molecule is COc1ccc(Cl)cc1-n1c(C)cc(/C=N\NC(=O)c2cc3cc([N+](=O)[O-])ccc3o2)c1C. The Morgan fingerprint density at radius 3 is 2.73 bits per heavy atom. The molecular formula is C23H19ClN4O5. The molecule has 1 amide bonds. The molecule has 0 atom stereocenters. The van der Waals surface area contributed by atoms with Crippen molar-refractivity contribution >= 4 is 40.4 Å². The maximum atomic E-state index is 12.4. The summed E-state index contributed by atoms with van der Waals surface area (Å²) < 4.78 is 12.9. The van der Waals surface area contributed by atoms with Gasteiger partial charge < -0.3 is 13.7 Å². The largest absolute Gasteiger partial charge is 0.495 e. The number of halogens is 1. The Kier molecular flexibility index (Phi) is 5.89. The molecule has 4 aromatic rings. The number of non-ortho nitro benzene ring substituents is 1. The highest BCUT2D eigenvalue weighted by molar-refractivity contribution is 6.30. The number of carbonyl (C=O) groups excluding carboxylic acids is 1. The predicted molar refractivity (Wildman–Crippen MR) is 125 cm³/mol. The van der Waals surface area contributed by atoms with E-state index in [1.165, 1.54) is 30.5 Å². The van der Waals surface area contributed by atoms with Crippen molar-refractivity contribution in [1.29, 1.82) is 0 Å². The third-order valence-electron chi connectivity index (χ3n) is 5.16. The molecule has 2 aromatic carbocycles. The van der Waals surface area contributed by atoms with Gasteiger partial charge in [-0.05, 0) is 50.2 Å². The first-order valence-electron chi connectivity index (χ1n) is 9.82. The first-order valence-corrected chi connectivity index (χ1v) is 10.2. The summed E-state index contributed by atoms with van der Waals surface area (Å²) in [6, 6.07) is 12.8. The van der Waals surface area contributed by atoms with Gasteiger partial charge in [-0.3, -0.25) is 14.9 Å². The van der Waals surface area contributed by atoms with Crippen molar-refractivity contribution in [2.45, 2.75) is 13.8 Å². The fourth-order valence-electron chi connectivity index (χ4n) is 3.60. The van der Waals surface area contributed by atoms with Crippen LogP contribution in [0.2, 0.25) is 5.02 Å². The Balaban J connectivity index is 1.55. The second-order valence-electron chi connectivity index (χ2n) is 7.27. The molecule has 0 spiro atoms. The van der Waals surface area contributed by atoms with Crippen LogP contribution >= 0.6 is 11.6 Å². The molecule has 0 bridgehead atoms. The van der Waals surface area contributed by atoms with Crippen LogP contribution in [0, 0.1) is 24.0 Å². The normalized spacial score (nSPS) is 11.3. The highest BCUT2D eigenvalue weighted by atomic mass is 35.5. The lowest BCUT2D eigenvalue weighted by atomic mass is 10.2. The Morgan fingerprint density at radius 2 is 2.00 bits per heavy atom. The van der Waals surface area contributed by atoms with E-state index in [4.69, 9.17) is 20.8 Å². The van der Waals surface area contributed by atoms with Crippen molar-refractivity contribution in [1.82, 2.24) is 9.99 Å². The highest BCUT2D eigenvalue weighted by Gasteiger charge is 2.16. The summed E-state index contributed by atoms with van der Waals surface area (Å²) in [5, 5.41) is 16.0. The quantitative estimate of drug-likeness (QED) is 0.239. The molecule has 2 heterocycles. The van der Waals surface area contributed by atoms with Crippen LogP contribution in [0.25, 0.3) is 16.7 Å². The number of ether oxygens (including phenoxy) is 1. The molecule has 0 aliphatic heterocycles. The molecule has 0 aliphatic carbocycles. The monoisotopic (exact) mass is 466 g/mol. The van der Waals surface area contributed by atoms with Crippen molar-refractivity contribution in [2.24, 2.45) is 5.10 Å². The number of nitrogens with zero attached hydrogens (tertiary/aromatic N) is 3. The number of methoxy groups -OCH3 is 1. The minimum Gasteiger partial charge on any atom is -0.495 e. The van der Waals surface area contributed by atoms with Gasteiger partial charge in [0.2, 0.25) is 0 Å². The molecule has 4 rings (SSSR count). The number of amides is 1. The van der Waals surface area contributed by atoms with E-state index in [1.807, 2.05) is 30.5 Å². The summed E-state index contributed by atoms with van der Waals surface area (Å²) in [6.45, 7) is 3.86. The Hall–Kier alpha value is -4.11. The third kappa shape index (κ3) is 4.31. The molecule has 0 saturated carbocycles. The van der Waals surface area contributed by atoms with Crippen molar-refractivity contribution in [3.05, 3.63) is 86.4 Å². The van der Waals surface area contributed by atoms with E-state index >= 15 is 0 Å². The van der Waals surface area contributed by atoms with Gasteiger partial charge in [0.1, 0.15) is 11.3 Å². The molecule has 0 unspecified atom stereocenters. The Labute approximate surface area is 193 Å². The van der Waals surface area contributed by atoms with Crippen molar-refractivity contribution in [3.8, 4) is 11.4 Å². The molecule has 0 radical (unpaired) electrons. The van der Waals surface area contributed by atoms with Gasteiger partial charge in [-0.1, -0.05) is 11.6 Å². The van der Waals surface area contributed by atoms with Crippen LogP contribution in [-0.4, -0.2) is 28.7 Å². The van der Waals surface area contributed by atoms with Gasteiger partial charge in [0, 0.05) is 39.5 Å². The lowest BCUT2D eigenvalue weighted by Gasteiger charge is -2.14. The summed E-state index contributed by atoms with van der Waals surface area (Å²) in [4.78, 5) is 22.8. The van der Waals surface area contributed by atoms with E-state index < -0.39 is 10.8 Å². The minimum absolute atomic E-state index is 0.00298. The van der Waals surface area contributed by atoms with Crippen molar-refractivity contribution < 1.29 is 18.9 Å². The van der Waals surface area contributed by atoms with Crippen LogP contribution in [0.15, 0.2) is 58.0 Å². The van der Waals surface area contributed by atoms with Crippen LogP contribution in [0.5, 0.6) is 5.75 Å². The first kappa shape index (κ1) is 22.1. The number of fused-ring (bicyclic) bond motifs is 1. The van der Waals surface area contributed by atoms with Crippen molar-refractivity contribution in [3.63, 3.8) is 0 Å². The number of benzene rings is 2. The first-order chi connectivity index (χ1) is 15.8. The molecule has 0 aliphatic rings. The summed E-state index contributed by atoms with van der Waals surface area (Å²) >= 11 is 6.18. The summed E-state index contributed by atoms with van der Waals surface area (Å²) in [7, 11) is 1.59. The number of aromatic nitrogens is 1. The maximum Gasteiger partial charge on any atom is 0.307 e. The Morgan fingerprint density at radius 1 is 1.21 bits per heavy atom. The lowest BCUT2D eigenvalue weighted by Crippen LogP contribution is -2.16. The van der Waals surface area contributed by atoms with Gasteiger partial charge in [-0.15, -0.1) is 0 Å². The highest BCUT2D eigenvalue weighted by Crippen LogP contribution is 2.30.